The number of carbonyl (C=O) groups excluding carboxylic acids is 3. The highest BCUT2D eigenvalue weighted by Gasteiger charge is 2.69. The summed E-state index contributed by atoms with van der Waals surface area (Å²) in [5, 5.41) is 0.916. The summed E-state index contributed by atoms with van der Waals surface area (Å²) in [5.74, 6) is -0.471. The minimum Gasteiger partial charge on any atom is -0.493 e. The molecule has 4 aliphatic rings. The summed E-state index contributed by atoms with van der Waals surface area (Å²) in [6, 6.07) is 5.93. The van der Waals surface area contributed by atoms with Gasteiger partial charge in [-0.1, -0.05) is 31.3 Å². The third-order valence-electron chi connectivity index (χ3n) is 8.45. The monoisotopic (exact) mass is 558 g/mol. The number of H-pyrrole nitrogens is 1. The van der Waals surface area contributed by atoms with Gasteiger partial charge in [-0.15, -0.1) is 11.8 Å². The van der Waals surface area contributed by atoms with Crippen molar-refractivity contribution < 1.29 is 28.6 Å². The molecule has 2 aliphatic carbocycles. The van der Waals surface area contributed by atoms with Crippen molar-refractivity contribution in [2.24, 2.45) is 35.5 Å². The van der Waals surface area contributed by atoms with Gasteiger partial charge >= 0.3 is 10.8 Å². The largest absolute Gasteiger partial charge is 0.493 e. The Labute approximate surface area is 228 Å². The predicted octanol–water partition coefficient (Wildman–Crippen LogP) is 3.13. The smallest absolute Gasteiger partial charge is 0.325 e. The van der Waals surface area contributed by atoms with E-state index in [-0.39, 0.29) is 52.2 Å². The molecule has 1 saturated heterocycles. The lowest BCUT2D eigenvalue weighted by Gasteiger charge is -2.43. The van der Waals surface area contributed by atoms with Crippen LogP contribution in [0.25, 0.3) is 0 Å². The van der Waals surface area contributed by atoms with E-state index in [1.807, 2.05) is 18.2 Å². The maximum absolute atomic E-state index is 13.5. The minimum atomic E-state index is -0.602. The van der Waals surface area contributed by atoms with Crippen LogP contribution in [-0.4, -0.2) is 60.3 Å². The number of imide groups is 1. The average molecular weight is 559 g/mol. The first-order valence-electron chi connectivity index (χ1n) is 12.9. The van der Waals surface area contributed by atoms with Crippen molar-refractivity contribution in [3.8, 4) is 11.5 Å². The summed E-state index contributed by atoms with van der Waals surface area (Å²) < 4.78 is 16.4. The summed E-state index contributed by atoms with van der Waals surface area (Å²) in [5.41, 5.74) is 0.998. The van der Waals surface area contributed by atoms with Gasteiger partial charge in [-0.3, -0.25) is 24.1 Å². The maximum Gasteiger partial charge on any atom is 0.325 e. The molecule has 6 rings (SSSR count). The Morgan fingerprint density at radius 2 is 1.84 bits per heavy atom. The number of thioether (sulfide) groups is 1. The molecule has 2 aromatic rings. The zero-order valence-electron chi connectivity index (χ0n) is 21.6. The van der Waals surface area contributed by atoms with Crippen molar-refractivity contribution in [2.45, 2.75) is 36.5 Å². The van der Waals surface area contributed by atoms with E-state index in [1.54, 1.807) is 18.9 Å². The Hall–Kier alpha value is -2.79. The number of rotatable bonds is 7. The second-order valence-corrected chi connectivity index (χ2v) is 13.1. The molecule has 1 aromatic carbocycles. The van der Waals surface area contributed by atoms with Gasteiger partial charge in [0.1, 0.15) is 6.54 Å². The molecule has 0 radical (unpaired) electrons. The normalized spacial score (nSPS) is 30.9. The lowest BCUT2D eigenvalue weighted by molar-refractivity contribution is -0.151. The van der Waals surface area contributed by atoms with E-state index in [2.05, 4.69) is 18.8 Å². The van der Waals surface area contributed by atoms with E-state index in [9.17, 15) is 19.2 Å². The average Bonchev–Trinajstić information content (AvgIpc) is 3.63. The lowest BCUT2D eigenvalue weighted by atomic mass is 9.68. The minimum absolute atomic E-state index is 0.00584. The Kier molecular flexibility index (Phi) is 6.33. The van der Waals surface area contributed by atoms with Crippen LogP contribution in [0.5, 0.6) is 11.5 Å². The fourth-order valence-corrected chi connectivity index (χ4v) is 9.94. The van der Waals surface area contributed by atoms with Gasteiger partial charge in [-0.2, -0.15) is 0 Å². The van der Waals surface area contributed by atoms with E-state index in [4.69, 9.17) is 14.2 Å². The SMILES string of the molecule is COC(=O)CN1C(=O)C2C3CC(C2C1=O)C1C(c2ccc(OCC(C)C)c(OC)c2)c2sc(=O)[nH]c2SC31. The zero-order valence-corrected chi connectivity index (χ0v) is 23.2. The van der Waals surface area contributed by atoms with E-state index in [0.717, 1.165) is 26.8 Å². The summed E-state index contributed by atoms with van der Waals surface area (Å²) in [4.78, 5) is 56.2. The number of benzene rings is 1. The first-order valence-corrected chi connectivity index (χ1v) is 14.6. The maximum atomic E-state index is 13.5. The van der Waals surface area contributed by atoms with Gasteiger partial charge in [0.25, 0.3) is 0 Å². The number of ether oxygens (including phenoxy) is 3. The lowest BCUT2D eigenvalue weighted by Crippen LogP contribution is -2.42. The number of aromatic nitrogens is 1. The van der Waals surface area contributed by atoms with Crippen LogP contribution in [0.15, 0.2) is 28.0 Å². The van der Waals surface area contributed by atoms with E-state index >= 15 is 0 Å². The summed E-state index contributed by atoms with van der Waals surface area (Å²) in [6.07, 6.45) is 0.781. The van der Waals surface area contributed by atoms with Crippen LogP contribution in [-0.2, 0) is 19.1 Å². The number of amides is 2. The van der Waals surface area contributed by atoms with Crippen LogP contribution in [0, 0.1) is 35.5 Å². The third-order valence-corrected chi connectivity index (χ3v) is 11.0. The molecule has 2 amide bonds. The van der Waals surface area contributed by atoms with Gasteiger partial charge in [0.05, 0.1) is 37.7 Å². The fraction of sp³-hybridized carbons (Fsp3) is 0.556. The number of nitrogens with one attached hydrogen (secondary N) is 1. The first-order chi connectivity index (χ1) is 18.2. The predicted molar refractivity (Wildman–Crippen MR) is 141 cm³/mol. The molecule has 1 aromatic heterocycles. The van der Waals surface area contributed by atoms with Crippen molar-refractivity contribution in [2.75, 3.05) is 27.4 Å². The highest BCUT2D eigenvalue weighted by atomic mass is 32.2. The second kappa shape index (κ2) is 9.44. The number of carbonyl (C=O) groups is 3. The van der Waals surface area contributed by atoms with Crippen LogP contribution in [0.3, 0.4) is 0 Å². The quantitative estimate of drug-likeness (QED) is 0.407. The molecule has 3 fully saturated rings. The number of hydrogen-bond donors (Lipinski definition) is 1. The molecular weight excluding hydrogens is 528 g/mol. The molecule has 0 spiro atoms. The molecular formula is C27H30N2O7S2. The van der Waals surface area contributed by atoms with Crippen LogP contribution >= 0.6 is 23.1 Å². The van der Waals surface area contributed by atoms with E-state index < -0.39 is 17.8 Å². The highest BCUT2D eigenvalue weighted by molar-refractivity contribution is 8.00. The highest BCUT2D eigenvalue weighted by Crippen LogP contribution is 2.68. The molecule has 1 N–H and O–H groups in total. The molecule has 38 heavy (non-hydrogen) atoms. The van der Waals surface area contributed by atoms with Gasteiger partial charge < -0.3 is 19.2 Å². The molecule has 7 atom stereocenters. The standard InChI is InChI=1S/C27H30N2O7S2/c1-11(2)10-36-15-6-5-12(7-16(15)34-3)18-19-13-8-14(22(19)37-24-23(18)38-27(33)28-24)21-20(13)25(31)29(26(21)32)9-17(30)35-4/h5-7,11,13-14,18-22H,8-10H2,1-4H3,(H,28,33). The van der Waals surface area contributed by atoms with Gasteiger partial charge in [-0.25, -0.2) is 0 Å². The number of methoxy groups -OCH3 is 2. The second-order valence-electron chi connectivity index (χ2n) is 10.9. The Morgan fingerprint density at radius 1 is 1.11 bits per heavy atom. The fourth-order valence-electron chi connectivity index (χ4n) is 7.05. The molecule has 11 heteroatoms. The van der Waals surface area contributed by atoms with Crippen LogP contribution in [0.1, 0.15) is 36.6 Å². The number of hydrogen-bond acceptors (Lipinski definition) is 9. The number of thiazole rings is 1. The van der Waals surface area contributed by atoms with Gasteiger partial charge in [0.15, 0.2) is 11.5 Å². The van der Waals surface area contributed by atoms with E-state index in [1.165, 1.54) is 18.4 Å². The Balaban J connectivity index is 1.39. The Bertz CT molecular complexity index is 1370. The van der Waals surface area contributed by atoms with Crippen LogP contribution in [0.4, 0.5) is 0 Å². The van der Waals surface area contributed by atoms with Crippen molar-refractivity contribution >= 4 is 40.9 Å². The number of esters is 1. The van der Waals surface area contributed by atoms with Crippen molar-refractivity contribution in [1.82, 2.24) is 9.88 Å². The van der Waals surface area contributed by atoms with Crippen molar-refractivity contribution in [3.63, 3.8) is 0 Å². The number of likely N-dealkylation sites (tertiary alicyclic amines) is 1. The van der Waals surface area contributed by atoms with E-state index in [0.29, 0.717) is 24.0 Å². The Morgan fingerprint density at radius 3 is 2.53 bits per heavy atom. The molecule has 9 nitrogen and oxygen atoms in total. The third kappa shape index (κ3) is 3.80. The van der Waals surface area contributed by atoms with Gasteiger partial charge in [-0.05, 0) is 47.8 Å². The molecule has 2 saturated carbocycles. The summed E-state index contributed by atoms with van der Waals surface area (Å²) in [7, 11) is 2.86. The topological polar surface area (TPSA) is 115 Å². The van der Waals surface area contributed by atoms with Gasteiger partial charge in [0.2, 0.25) is 11.8 Å². The first kappa shape index (κ1) is 25.5. The van der Waals surface area contributed by atoms with Crippen molar-refractivity contribution in [1.29, 1.82) is 0 Å². The zero-order chi connectivity index (χ0) is 26.9. The molecule has 2 bridgehead atoms. The summed E-state index contributed by atoms with van der Waals surface area (Å²) in [6.45, 7) is 4.39. The summed E-state index contributed by atoms with van der Waals surface area (Å²) >= 11 is 2.84. The van der Waals surface area contributed by atoms with Gasteiger partial charge in [0, 0.05) is 16.0 Å². The van der Waals surface area contributed by atoms with Crippen LogP contribution in [0.2, 0.25) is 0 Å². The number of aromatic amines is 1. The van der Waals surface area contributed by atoms with Crippen molar-refractivity contribution in [3.05, 3.63) is 38.3 Å². The van der Waals surface area contributed by atoms with Crippen LogP contribution < -0.4 is 14.3 Å². The number of fused-ring (bicyclic) bond motifs is 9. The molecule has 7 unspecified atom stereocenters. The molecule has 202 valence electrons. The number of nitrogens with zero attached hydrogens (tertiary/aromatic N) is 1. The molecule has 3 heterocycles. The molecule has 2 aliphatic heterocycles.